The van der Waals surface area contributed by atoms with Crippen molar-refractivity contribution in [3.8, 4) is 0 Å². The SMILES string of the molecule is C=CC=C(C)CC\C=C/[N+](=C/C(C)=C/CC/C=C\C=C/CC)C(C)C(C)C. The average Bonchev–Trinajstić information content (AvgIpc) is 2.63. The van der Waals surface area contributed by atoms with Gasteiger partial charge in [0.05, 0.1) is 0 Å². The van der Waals surface area contributed by atoms with Crippen LogP contribution in [0.5, 0.6) is 0 Å². The second-order valence-electron chi connectivity index (χ2n) is 7.52. The molecule has 0 rings (SSSR count). The van der Waals surface area contributed by atoms with Crippen molar-refractivity contribution in [1.29, 1.82) is 0 Å². The molecule has 0 fully saturated rings. The highest BCUT2D eigenvalue weighted by Crippen LogP contribution is 2.09. The number of allylic oxidation sites excluding steroid dienone is 10. The van der Waals surface area contributed by atoms with E-state index >= 15 is 0 Å². The summed E-state index contributed by atoms with van der Waals surface area (Å²) in [5, 5.41) is 0. The van der Waals surface area contributed by atoms with Gasteiger partial charge in [0.1, 0.15) is 0 Å². The van der Waals surface area contributed by atoms with Crippen molar-refractivity contribution in [1.82, 2.24) is 0 Å². The molecule has 1 atom stereocenters. The van der Waals surface area contributed by atoms with E-state index in [1.54, 1.807) is 0 Å². The molecule has 1 heteroatoms. The van der Waals surface area contributed by atoms with Crippen LogP contribution in [-0.4, -0.2) is 16.8 Å². The molecular weight excluding hydrogens is 326 g/mol. The lowest BCUT2D eigenvalue weighted by Gasteiger charge is -2.12. The molecule has 0 radical (unpaired) electrons. The molecule has 27 heavy (non-hydrogen) atoms. The minimum atomic E-state index is 0.480. The van der Waals surface area contributed by atoms with Crippen molar-refractivity contribution < 1.29 is 4.58 Å². The van der Waals surface area contributed by atoms with E-state index in [1.807, 2.05) is 6.08 Å². The van der Waals surface area contributed by atoms with E-state index in [0.717, 1.165) is 32.1 Å². The summed E-state index contributed by atoms with van der Waals surface area (Å²) < 4.78 is 2.36. The normalized spacial score (nSPS) is 15.6. The van der Waals surface area contributed by atoms with Crippen LogP contribution >= 0.6 is 0 Å². The molecule has 0 N–H and O–H groups in total. The van der Waals surface area contributed by atoms with E-state index in [1.165, 1.54) is 11.1 Å². The Morgan fingerprint density at radius 3 is 2.30 bits per heavy atom. The van der Waals surface area contributed by atoms with Gasteiger partial charge in [-0.2, -0.15) is 0 Å². The summed E-state index contributed by atoms with van der Waals surface area (Å²) >= 11 is 0. The lowest BCUT2D eigenvalue weighted by molar-refractivity contribution is -0.500. The topological polar surface area (TPSA) is 3.01 Å². The molecule has 0 aliphatic heterocycles. The summed E-state index contributed by atoms with van der Waals surface area (Å²) in [6, 6.07) is 0.480. The molecule has 0 aromatic heterocycles. The van der Waals surface area contributed by atoms with Gasteiger partial charge in [-0.1, -0.05) is 75.5 Å². The zero-order chi connectivity index (χ0) is 20.5. The maximum absolute atomic E-state index is 3.76. The molecule has 0 aromatic rings. The quantitative estimate of drug-likeness (QED) is 0.135. The second-order valence-corrected chi connectivity index (χ2v) is 7.52. The Hall–Kier alpha value is -1.89. The Morgan fingerprint density at radius 1 is 0.963 bits per heavy atom. The fourth-order valence-electron chi connectivity index (χ4n) is 2.52. The van der Waals surface area contributed by atoms with Crippen LogP contribution in [0.1, 0.15) is 73.6 Å². The van der Waals surface area contributed by atoms with Crippen LogP contribution in [-0.2, 0) is 0 Å². The maximum atomic E-state index is 3.76. The van der Waals surface area contributed by atoms with Gasteiger partial charge in [0, 0.05) is 11.5 Å². The van der Waals surface area contributed by atoms with Gasteiger partial charge < -0.3 is 0 Å². The number of hydrogen-bond donors (Lipinski definition) is 0. The molecule has 0 amide bonds. The van der Waals surface area contributed by atoms with E-state index < -0.39 is 0 Å². The number of rotatable bonds is 13. The van der Waals surface area contributed by atoms with Crippen LogP contribution in [0.15, 0.2) is 72.5 Å². The zero-order valence-corrected chi connectivity index (χ0v) is 18.6. The van der Waals surface area contributed by atoms with Gasteiger partial charge in [-0.15, -0.1) is 0 Å². The molecule has 0 spiro atoms. The Bertz CT molecular complexity index is 579. The van der Waals surface area contributed by atoms with Crippen LogP contribution in [0.3, 0.4) is 0 Å². The van der Waals surface area contributed by atoms with Crippen molar-refractivity contribution in [3.05, 3.63) is 72.5 Å². The van der Waals surface area contributed by atoms with Crippen LogP contribution < -0.4 is 0 Å². The van der Waals surface area contributed by atoms with Gasteiger partial charge in [-0.05, 0) is 59.0 Å². The average molecular weight is 369 g/mol. The first-order chi connectivity index (χ1) is 12.9. The van der Waals surface area contributed by atoms with Crippen molar-refractivity contribution in [2.75, 3.05) is 0 Å². The second kappa shape index (κ2) is 16.3. The first-order valence-corrected chi connectivity index (χ1v) is 10.5. The van der Waals surface area contributed by atoms with Gasteiger partial charge in [0.2, 0.25) is 0 Å². The van der Waals surface area contributed by atoms with E-state index in [2.05, 4.69) is 108 Å². The van der Waals surface area contributed by atoms with Crippen molar-refractivity contribution in [3.63, 3.8) is 0 Å². The Labute approximate surface area is 169 Å². The highest BCUT2D eigenvalue weighted by Gasteiger charge is 2.17. The minimum Gasteiger partial charge on any atom is -0.203 e. The summed E-state index contributed by atoms with van der Waals surface area (Å²) in [6.07, 6.45) is 27.2. The molecule has 0 bridgehead atoms. The standard InChI is InChI=1S/C26H42N/c1-8-10-11-12-13-14-15-20-25(6)22-27(26(7)23(3)4)21-17-16-19-24(5)18-9-2/h9-13,17-18,20-23,26H,2,8,14-16,19H2,1,3-7H3/q+1/b11-10-,13-12-,21-17-,24-18?,25-20+,27-22-. The Morgan fingerprint density at radius 2 is 1.67 bits per heavy atom. The molecule has 1 nitrogen and oxygen atoms in total. The third-order valence-corrected chi connectivity index (χ3v) is 4.59. The number of hydrogen-bond acceptors (Lipinski definition) is 0. The van der Waals surface area contributed by atoms with Gasteiger partial charge >= 0.3 is 0 Å². The third-order valence-electron chi connectivity index (χ3n) is 4.59. The molecule has 150 valence electrons. The summed E-state index contributed by atoms with van der Waals surface area (Å²) in [4.78, 5) is 0. The highest BCUT2D eigenvalue weighted by atomic mass is 15.0. The molecule has 0 heterocycles. The summed E-state index contributed by atoms with van der Waals surface area (Å²) in [6.45, 7) is 17.1. The minimum absolute atomic E-state index is 0.480. The van der Waals surface area contributed by atoms with E-state index in [9.17, 15) is 0 Å². The van der Waals surface area contributed by atoms with Crippen LogP contribution in [0, 0.1) is 5.92 Å². The lowest BCUT2D eigenvalue weighted by atomic mass is 10.1. The fourth-order valence-corrected chi connectivity index (χ4v) is 2.52. The first-order valence-electron chi connectivity index (χ1n) is 10.5. The Kier molecular flexibility index (Phi) is 15.2. The third kappa shape index (κ3) is 13.9. The zero-order valence-electron chi connectivity index (χ0n) is 18.6. The number of nitrogens with zero attached hydrogens (tertiary/aromatic N) is 1. The first kappa shape index (κ1) is 25.1. The smallest absolute Gasteiger partial charge is 0.171 e. The summed E-state index contributed by atoms with van der Waals surface area (Å²) in [5.41, 5.74) is 2.70. The van der Waals surface area contributed by atoms with Gasteiger partial charge in [-0.25, -0.2) is 4.58 Å². The lowest BCUT2D eigenvalue weighted by Crippen LogP contribution is -2.25. The van der Waals surface area contributed by atoms with Crippen LogP contribution in [0.4, 0.5) is 0 Å². The van der Waals surface area contributed by atoms with Gasteiger partial charge in [0.25, 0.3) is 0 Å². The van der Waals surface area contributed by atoms with Crippen LogP contribution in [0.2, 0.25) is 0 Å². The summed E-state index contributed by atoms with van der Waals surface area (Å²) in [7, 11) is 0. The molecule has 1 unspecified atom stereocenters. The van der Waals surface area contributed by atoms with E-state index in [-0.39, 0.29) is 0 Å². The van der Waals surface area contributed by atoms with E-state index in [0.29, 0.717) is 12.0 Å². The number of unbranched alkanes of at least 4 members (excludes halogenated alkanes) is 1. The molecular formula is C26H42N+. The molecule has 0 aromatic carbocycles. The molecule has 0 aliphatic rings. The fraction of sp³-hybridized carbons (Fsp3) is 0.500. The molecule has 0 saturated carbocycles. The van der Waals surface area contributed by atoms with Crippen LogP contribution in [0.25, 0.3) is 0 Å². The molecule has 0 saturated heterocycles. The van der Waals surface area contributed by atoms with Crippen molar-refractivity contribution >= 4 is 6.21 Å². The molecule has 0 aliphatic carbocycles. The highest BCUT2D eigenvalue weighted by molar-refractivity contribution is 5.73. The predicted octanol–water partition coefficient (Wildman–Crippen LogP) is 7.79. The largest absolute Gasteiger partial charge is 0.203 e. The monoisotopic (exact) mass is 368 g/mol. The van der Waals surface area contributed by atoms with E-state index in [4.69, 9.17) is 0 Å². The predicted molar refractivity (Wildman–Crippen MR) is 125 cm³/mol. The maximum Gasteiger partial charge on any atom is 0.171 e. The van der Waals surface area contributed by atoms with Crippen molar-refractivity contribution in [2.24, 2.45) is 5.92 Å². The summed E-state index contributed by atoms with van der Waals surface area (Å²) in [5.74, 6) is 0.606. The van der Waals surface area contributed by atoms with Gasteiger partial charge in [0.15, 0.2) is 18.5 Å². The van der Waals surface area contributed by atoms with Gasteiger partial charge in [-0.3, -0.25) is 0 Å². The van der Waals surface area contributed by atoms with Crippen molar-refractivity contribution in [2.45, 2.75) is 79.7 Å². The Balaban J connectivity index is 4.87.